The second-order valence-corrected chi connectivity index (χ2v) is 6.26. The third kappa shape index (κ3) is 5.60. The van der Waals surface area contributed by atoms with E-state index in [4.69, 9.17) is 4.74 Å². The highest BCUT2D eigenvalue weighted by Gasteiger charge is 2.32. The number of esters is 1. The number of carbonyl (C=O) groups excluding carboxylic acids is 3. The van der Waals surface area contributed by atoms with Gasteiger partial charge in [0.25, 0.3) is 5.91 Å². The van der Waals surface area contributed by atoms with Crippen molar-refractivity contribution in [2.45, 2.75) is 46.3 Å². The Kier molecular flexibility index (Phi) is 6.68. The summed E-state index contributed by atoms with van der Waals surface area (Å²) < 4.78 is 5.14. The van der Waals surface area contributed by atoms with Crippen molar-refractivity contribution in [1.82, 2.24) is 5.32 Å². The molecule has 0 saturated carbocycles. The third-order valence-electron chi connectivity index (χ3n) is 3.86. The van der Waals surface area contributed by atoms with Crippen LogP contribution in [0.1, 0.15) is 45.0 Å². The van der Waals surface area contributed by atoms with Crippen LogP contribution in [0.15, 0.2) is 24.3 Å². The van der Waals surface area contributed by atoms with Gasteiger partial charge in [-0.15, -0.1) is 0 Å². The Bertz CT molecular complexity index is 691. The molecule has 25 heavy (non-hydrogen) atoms. The summed E-state index contributed by atoms with van der Waals surface area (Å²) in [5.41, 5.74) is -0.241. The average Bonchev–Trinajstić information content (AvgIpc) is 2.54. The zero-order chi connectivity index (χ0) is 19.2. The molecule has 0 aliphatic rings. The highest BCUT2D eigenvalue weighted by atomic mass is 16.5. The summed E-state index contributed by atoms with van der Waals surface area (Å²) in [6, 6.07) is 8.17. The van der Waals surface area contributed by atoms with E-state index in [-0.39, 0.29) is 17.4 Å². The standard InChI is InChI=1S/C18H23N3O4/c1-11(2)18(5,10-19)21-16(23)12(3)25-17(24)14-6-8-15(9-7-14)20-13(4)22/h6-9,11-12H,1-5H3,(H,20,22)(H,21,23)/t12-,18-/m1/s1. The molecule has 0 aromatic heterocycles. The number of anilines is 1. The molecule has 2 amide bonds. The molecule has 0 aliphatic heterocycles. The van der Waals surface area contributed by atoms with Crippen molar-refractivity contribution >= 4 is 23.5 Å². The van der Waals surface area contributed by atoms with Crippen LogP contribution in [-0.2, 0) is 14.3 Å². The lowest BCUT2D eigenvalue weighted by Gasteiger charge is -2.28. The van der Waals surface area contributed by atoms with Crippen molar-refractivity contribution in [2.75, 3.05) is 5.32 Å². The van der Waals surface area contributed by atoms with Gasteiger partial charge < -0.3 is 15.4 Å². The van der Waals surface area contributed by atoms with Gasteiger partial charge in [-0.25, -0.2) is 4.79 Å². The van der Waals surface area contributed by atoms with Gasteiger partial charge in [0.05, 0.1) is 11.6 Å². The Labute approximate surface area is 147 Å². The van der Waals surface area contributed by atoms with Gasteiger partial charge in [-0.05, 0) is 44.0 Å². The quantitative estimate of drug-likeness (QED) is 0.769. The molecule has 1 rings (SSSR count). The molecule has 7 heteroatoms. The summed E-state index contributed by atoms with van der Waals surface area (Å²) in [5, 5.41) is 14.4. The first kappa shape index (κ1) is 20.2. The van der Waals surface area contributed by atoms with Crippen LogP contribution < -0.4 is 10.6 Å². The molecule has 0 radical (unpaired) electrons. The third-order valence-corrected chi connectivity index (χ3v) is 3.86. The molecule has 134 valence electrons. The Morgan fingerprint density at radius 3 is 2.16 bits per heavy atom. The average molecular weight is 345 g/mol. The number of benzene rings is 1. The minimum atomic E-state index is -1.05. The SMILES string of the molecule is CC(=O)Nc1ccc(C(=O)O[C@H](C)C(=O)N[C@](C)(C#N)C(C)C)cc1. The molecular weight excluding hydrogens is 322 g/mol. The van der Waals surface area contributed by atoms with E-state index in [0.29, 0.717) is 5.69 Å². The molecule has 2 atom stereocenters. The molecule has 1 aromatic carbocycles. The van der Waals surface area contributed by atoms with Crippen molar-refractivity contribution in [2.24, 2.45) is 5.92 Å². The van der Waals surface area contributed by atoms with Gasteiger partial charge in [0.1, 0.15) is 5.54 Å². The van der Waals surface area contributed by atoms with Gasteiger partial charge in [-0.2, -0.15) is 5.26 Å². The minimum Gasteiger partial charge on any atom is -0.449 e. The maximum absolute atomic E-state index is 12.2. The molecule has 0 bridgehead atoms. The normalized spacial score (nSPS) is 14.0. The number of rotatable bonds is 6. The number of hydrogen-bond donors (Lipinski definition) is 2. The van der Waals surface area contributed by atoms with Crippen LogP contribution in [-0.4, -0.2) is 29.4 Å². The summed E-state index contributed by atoms with van der Waals surface area (Å²) in [6.45, 7) is 8.07. The van der Waals surface area contributed by atoms with E-state index in [1.807, 2.05) is 13.8 Å². The van der Waals surface area contributed by atoms with E-state index in [2.05, 4.69) is 16.7 Å². The smallest absolute Gasteiger partial charge is 0.338 e. The molecule has 1 aromatic rings. The number of nitrogens with one attached hydrogen (secondary N) is 2. The summed E-state index contributed by atoms with van der Waals surface area (Å²) in [5.74, 6) is -1.53. The van der Waals surface area contributed by atoms with Crippen molar-refractivity contribution in [1.29, 1.82) is 5.26 Å². The van der Waals surface area contributed by atoms with Crippen LogP contribution in [0, 0.1) is 17.2 Å². The second-order valence-electron chi connectivity index (χ2n) is 6.26. The number of carbonyl (C=O) groups is 3. The van der Waals surface area contributed by atoms with Gasteiger partial charge >= 0.3 is 5.97 Å². The monoisotopic (exact) mass is 345 g/mol. The van der Waals surface area contributed by atoms with Crippen molar-refractivity contribution in [3.05, 3.63) is 29.8 Å². The highest BCUT2D eigenvalue weighted by molar-refractivity contribution is 5.94. The molecule has 0 spiro atoms. The lowest BCUT2D eigenvalue weighted by Crippen LogP contribution is -2.52. The van der Waals surface area contributed by atoms with E-state index in [0.717, 1.165) is 0 Å². The van der Waals surface area contributed by atoms with Crippen molar-refractivity contribution in [3.8, 4) is 6.07 Å². The molecular formula is C18H23N3O4. The lowest BCUT2D eigenvalue weighted by molar-refractivity contribution is -0.130. The van der Waals surface area contributed by atoms with Crippen LogP contribution >= 0.6 is 0 Å². The van der Waals surface area contributed by atoms with Crippen molar-refractivity contribution < 1.29 is 19.1 Å². The Balaban J connectivity index is 2.71. The number of ether oxygens (including phenoxy) is 1. The van der Waals surface area contributed by atoms with Gasteiger partial charge in [0.15, 0.2) is 6.10 Å². The number of hydrogen-bond acceptors (Lipinski definition) is 5. The Morgan fingerprint density at radius 2 is 1.72 bits per heavy atom. The fourth-order valence-electron chi connectivity index (χ4n) is 1.83. The molecule has 7 nitrogen and oxygen atoms in total. The topological polar surface area (TPSA) is 108 Å². The van der Waals surface area contributed by atoms with Crippen LogP contribution in [0.3, 0.4) is 0 Å². The van der Waals surface area contributed by atoms with Crippen LogP contribution in [0.5, 0.6) is 0 Å². The van der Waals surface area contributed by atoms with Gasteiger partial charge in [-0.1, -0.05) is 13.8 Å². The van der Waals surface area contributed by atoms with E-state index >= 15 is 0 Å². The summed E-state index contributed by atoms with van der Waals surface area (Å²) in [7, 11) is 0. The van der Waals surface area contributed by atoms with E-state index < -0.39 is 23.5 Å². The molecule has 2 N–H and O–H groups in total. The van der Waals surface area contributed by atoms with Crippen LogP contribution in [0.4, 0.5) is 5.69 Å². The largest absolute Gasteiger partial charge is 0.449 e. The van der Waals surface area contributed by atoms with Gasteiger partial charge in [-0.3, -0.25) is 9.59 Å². The molecule has 0 saturated heterocycles. The van der Waals surface area contributed by atoms with Crippen LogP contribution in [0.25, 0.3) is 0 Å². The zero-order valence-corrected chi connectivity index (χ0v) is 15.0. The van der Waals surface area contributed by atoms with Crippen LogP contribution in [0.2, 0.25) is 0 Å². The first-order valence-corrected chi connectivity index (χ1v) is 7.91. The predicted molar refractivity (Wildman–Crippen MR) is 92.6 cm³/mol. The number of nitrogens with zero attached hydrogens (tertiary/aromatic N) is 1. The Hall–Kier alpha value is -2.88. The van der Waals surface area contributed by atoms with E-state index in [1.165, 1.54) is 26.0 Å². The van der Waals surface area contributed by atoms with Gasteiger partial charge in [0.2, 0.25) is 5.91 Å². The fraction of sp³-hybridized carbons (Fsp3) is 0.444. The minimum absolute atomic E-state index is 0.106. The van der Waals surface area contributed by atoms with E-state index in [1.54, 1.807) is 19.1 Å². The fourth-order valence-corrected chi connectivity index (χ4v) is 1.83. The molecule has 0 aliphatic carbocycles. The van der Waals surface area contributed by atoms with Gasteiger partial charge in [0, 0.05) is 12.6 Å². The summed E-state index contributed by atoms with van der Waals surface area (Å²) in [6.07, 6.45) is -1.05. The maximum Gasteiger partial charge on any atom is 0.338 e. The first-order valence-electron chi connectivity index (χ1n) is 7.91. The second kappa shape index (κ2) is 8.29. The summed E-state index contributed by atoms with van der Waals surface area (Å²) in [4.78, 5) is 35.3. The van der Waals surface area contributed by atoms with E-state index in [9.17, 15) is 19.6 Å². The Morgan fingerprint density at radius 1 is 1.16 bits per heavy atom. The lowest BCUT2D eigenvalue weighted by atomic mass is 9.90. The predicted octanol–water partition coefficient (Wildman–Crippen LogP) is 2.24. The molecule has 0 heterocycles. The zero-order valence-electron chi connectivity index (χ0n) is 15.0. The molecule has 0 unspecified atom stereocenters. The van der Waals surface area contributed by atoms with Crippen molar-refractivity contribution in [3.63, 3.8) is 0 Å². The number of amides is 2. The highest BCUT2D eigenvalue weighted by Crippen LogP contribution is 2.16. The maximum atomic E-state index is 12.2. The summed E-state index contributed by atoms with van der Waals surface area (Å²) >= 11 is 0. The first-order chi connectivity index (χ1) is 11.6. The molecule has 0 fully saturated rings. The number of nitriles is 1.